The lowest BCUT2D eigenvalue weighted by Crippen LogP contribution is -2.34. The second-order valence-electron chi connectivity index (χ2n) is 10.5. The van der Waals surface area contributed by atoms with Crippen molar-refractivity contribution in [3.8, 4) is 17.2 Å². The van der Waals surface area contributed by atoms with Crippen LogP contribution in [-0.4, -0.2) is 44.3 Å². The number of methoxy groups -OCH3 is 1. The molecule has 0 radical (unpaired) electrons. The van der Waals surface area contributed by atoms with Crippen molar-refractivity contribution >= 4 is 24.0 Å². The summed E-state index contributed by atoms with van der Waals surface area (Å²) in [5, 5.41) is 6.58. The van der Waals surface area contributed by atoms with Crippen LogP contribution in [0.25, 0.3) is 0 Å². The number of esters is 1. The van der Waals surface area contributed by atoms with Crippen LogP contribution in [0.1, 0.15) is 113 Å². The van der Waals surface area contributed by atoms with Gasteiger partial charge in [-0.2, -0.15) is 5.10 Å². The summed E-state index contributed by atoms with van der Waals surface area (Å²) in [5.74, 6) is 0.188. The van der Waals surface area contributed by atoms with Gasteiger partial charge >= 0.3 is 5.97 Å². The molecule has 2 N–H and O–H groups in total. The SMILES string of the molecule is CCCCCCCCCCCCCC(=O)NCC(=O)N/N=C\c1ccc(OC(=O)c2ccc(OCCC)cc2)c(OC)c1. The van der Waals surface area contributed by atoms with Gasteiger partial charge in [0.05, 0.1) is 32.0 Å². The fourth-order valence-electron chi connectivity index (χ4n) is 4.35. The summed E-state index contributed by atoms with van der Waals surface area (Å²) >= 11 is 0. The molecule has 2 amide bonds. The number of rotatable bonds is 22. The first-order valence-electron chi connectivity index (χ1n) is 15.7. The Balaban J connectivity index is 1.65. The standard InChI is InChI=1S/C34H49N3O6/c1-4-6-7-8-9-10-11-12-13-14-15-16-32(38)35-26-33(39)37-36-25-27-17-22-30(31(24-27)41-3)43-34(40)28-18-20-29(21-19-28)42-23-5-2/h17-22,24-25H,4-16,23,26H2,1-3H3,(H,35,38)(H,37,39)/b36-25-. The average molecular weight is 596 g/mol. The van der Waals surface area contributed by atoms with Gasteiger partial charge in [0.2, 0.25) is 5.91 Å². The first-order chi connectivity index (χ1) is 21.0. The van der Waals surface area contributed by atoms with Gasteiger partial charge in [-0.3, -0.25) is 9.59 Å². The molecule has 236 valence electrons. The van der Waals surface area contributed by atoms with E-state index in [1.54, 1.807) is 42.5 Å². The fourth-order valence-corrected chi connectivity index (χ4v) is 4.35. The van der Waals surface area contributed by atoms with E-state index in [4.69, 9.17) is 14.2 Å². The summed E-state index contributed by atoms with van der Waals surface area (Å²) in [6.07, 6.45) is 16.2. The quantitative estimate of drug-likeness (QED) is 0.0499. The molecule has 2 rings (SSSR count). The van der Waals surface area contributed by atoms with E-state index in [1.807, 2.05) is 6.92 Å². The zero-order chi connectivity index (χ0) is 31.1. The number of hydrazone groups is 1. The smallest absolute Gasteiger partial charge is 0.343 e. The van der Waals surface area contributed by atoms with Crippen LogP contribution < -0.4 is 25.0 Å². The number of benzene rings is 2. The van der Waals surface area contributed by atoms with Gasteiger partial charge in [-0.15, -0.1) is 0 Å². The largest absolute Gasteiger partial charge is 0.494 e. The lowest BCUT2D eigenvalue weighted by atomic mass is 10.1. The lowest BCUT2D eigenvalue weighted by molar-refractivity contribution is -0.126. The van der Waals surface area contributed by atoms with E-state index in [0.717, 1.165) is 25.7 Å². The van der Waals surface area contributed by atoms with Gasteiger partial charge in [-0.05, 0) is 60.9 Å². The Morgan fingerprint density at radius 2 is 1.42 bits per heavy atom. The molecule has 9 nitrogen and oxygen atoms in total. The number of amides is 2. The van der Waals surface area contributed by atoms with E-state index in [9.17, 15) is 14.4 Å². The van der Waals surface area contributed by atoms with Gasteiger partial charge in [0.25, 0.3) is 5.91 Å². The highest BCUT2D eigenvalue weighted by Crippen LogP contribution is 2.28. The zero-order valence-corrected chi connectivity index (χ0v) is 26.1. The van der Waals surface area contributed by atoms with Crippen molar-refractivity contribution in [3.05, 3.63) is 53.6 Å². The van der Waals surface area contributed by atoms with Gasteiger partial charge < -0.3 is 19.5 Å². The van der Waals surface area contributed by atoms with Gasteiger partial charge in [-0.25, -0.2) is 10.2 Å². The molecule has 9 heteroatoms. The van der Waals surface area contributed by atoms with E-state index >= 15 is 0 Å². The molecular weight excluding hydrogens is 546 g/mol. The van der Waals surface area contributed by atoms with Crippen molar-refractivity contribution in [2.75, 3.05) is 20.3 Å². The Morgan fingerprint density at radius 3 is 2.05 bits per heavy atom. The molecule has 0 aliphatic carbocycles. The number of nitrogens with zero attached hydrogens (tertiary/aromatic N) is 1. The topological polar surface area (TPSA) is 115 Å². The lowest BCUT2D eigenvalue weighted by Gasteiger charge is -2.10. The van der Waals surface area contributed by atoms with Crippen LogP contribution in [-0.2, 0) is 9.59 Å². The minimum atomic E-state index is -0.528. The van der Waals surface area contributed by atoms with Crippen molar-refractivity contribution < 1.29 is 28.6 Å². The van der Waals surface area contributed by atoms with Gasteiger partial charge in [0, 0.05) is 6.42 Å². The van der Waals surface area contributed by atoms with Gasteiger partial charge in [0.15, 0.2) is 11.5 Å². The van der Waals surface area contributed by atoms with Crippen LogP contribution in [0.4, 0.5) is 0 Å². The molecule has 0 fully saturated rings. The Kier molecular flexibility index (Phi) is 17.9. The number of hydrogen-bond acceptors (Lipinski definition) is 7. The fraction of sp³-hybridized carbons (Fsp3) is 0.529. The van der Waals surface area contributed by atoms with E-state index < -0.39 is 11.9 Å². The van der Waals surface area contributed by atoms with Gasteiger partial charge in [-0.1, -0.05) is 78.1 Å². The molecule has 0 saturated heterocycles. The molecule has 0 aliphatic heterocycles. The number of unbranched alkanes of at least 4 members (excludes halogenated alkanes) is 10. The molecule has 0 bridgehead atoms. The third-order valence-electron chi connectivity index (χ3n) is 6.81. The highest BCUT2D eigenvalue weighted by Gasteiger charge is 2.13. The van der Waals surface area contributed by atoms with Crippen LogP contribution in [0, 0.1) is 0 Å². The van der Waals surface area contributed by atoms with Crippen LogP contribution in [0.5, 0.6) is 17.2 Å². The average Bonchev–Trinajstić information content (AvgIpc) is 3.02. The first-order valence-corrected chi connectivity index (χ1v) is 15.7. The number of ether oxygens (including phenoxy) is 3. The maximum atomic E-state index is 12.6. The Morgan fingerprint density at radius 1 is 0.767 bits per heavy atom. The molecule has 43 heavy (non-hydrogen) atoms. The molecule has 2 aromatic rings. The molecule has 0 aromatic heterocycles. The zero-order valence-electron chi connectivity index (χ0n) is 26.1. The van der Waals surface area contributed by atoms with Crippen LogP contribution in [0.2, 0.25) is 0 Å². The Hall–Kier alpha value is -3.88. The van der Waals surface area contributed by atoms with E-state index in [0.29, 0.717) is 35.7 Å². The predicted octanol–water partition coefficient (Wildman–Crippen LogP) is 6.97. The van der Waals surface area contributed by atoms with Crippen molar-refractivity contribution in [3.63, 3.8) is 0 Å². The summed E-state index contributed by atoms with van der Waals surface area (Å²) in [4.78, 5) is 36.7. The Bertz CT molecular complexity index is 1130. The van der Waals surface area contributed by atoms with E-state index in [1.165, 1.54) is 64.7 Å². The molecular formula is C34H49N3O6. The molecule has 0 aliphatic rings. The van der Waals surface area contributed by atoms with Crippen molar-refractivity contribution in [1.29, 1.82) is 0 Å². The summed E-state index contributed by atoms with van der Waals surface area (Å²) in [6, 6.07) is 11.6. The van der Waals surface area contributed by atoms with E-state index in [-0.39, 0.29) is 18.2 Å². The molecule has 0 saturated carbocycles. The predicted molar refractivity (Wildman–Crippen MR) is 170 cm³/mol. The van der Waals surface area contributed by atoms with Crippen LogP contribution >= 0.6 is 0 Å². The van der Waals surface area contributed by atoms with Crippen LogP contribution in [0.15, 0.2) is 47.6 Å². The van der Waals surface area contributed by atoms with Crippen molar-refractivity contribution in [2.24, 2.45) is 5.10 Å². The monoisotopic (exact) mass is 595 g/mol. The maximum absolute atomic E-state index is 12.6. The summed E-state index contributed by atoms with van der Waals surface area (Å²) in [7, 11) is 1.47. The van der Waals surface area contributed by atoms with Crippen LogP contribution in [0.3, 0.4) is 0 Å². The minimum Gasteiger partial charge on any atom is -0.494 e. The number of nitrogens with one attached hydrogen (secondary N) is 2. The molecule has 2 aromatic carbocycles. The number of carbonyl (C=O) groups excluding carboxylic acids is 3. The highest BCUT2D eigenvalue weighted by atomic mass is 16.6. The Labute approximate surface area is 256 Å². The molecule has 0 spiro atoms. The maximum Gasteiger partial charge on any atom is 0.343 e. The van der Waals surface area contributed by atoms with E-state index in [2.05, 4.69) is 22.8 Å². The van der Waals surface area contributed by atoms with Gasteiger partial charge in [0.1, 0.15) is 5.75 Å². The molecule has 0 atom stereocenters. The highest BCUT2D eigenvalue weighted by molar-refractivity contribution is 5.92. The molecule has 0 unspecified atom stereocenters. The normalized spacial score (nSPS) is 10.9. The third-order valence-corrected chi connectivity index (χ3v) is 6.81. The summed E-state index contributed by atoms with van der Waals surface area (Å²) in [6.45, 7) is 4.73. The number of hydrogen-bond donors (Lipinski definition) is 2. The molecule has 0 heterocycles. The minimum absolute atomic E-state index is 0.134. The summed E-state index contributed by atoms with van der Waals surface area (Å²) in [5.41, 5.74) is 3.40. The third kappa shape index (κ3) is 15.2. The van der Waals surface area contributed by atoms with Crippen molar-refractivity contribution in [1.82, 2.24) is 10.7 Å². The number of carbonyl (C=O) groups is 3. The second-order valence-corrected chi connectivity index (χ2v) is 10.5. The van der Waals surface area contributed by atoms with Crippen molar-refractivity contribution in [2.45, 2.75) is 97.3 Å². The second kappa shape index (κ2) is 21.8. The first kappa shape index (κ1) is 35.3. The summed E-state index contributed by atoms with van der Waals surface area (Å²) < 4.78 is 16.4.